The quantitative estimate of drug-likeness (QED) is 0.552. The van der Waals surface area contributed by atoms with Gasteiger partial charge in [-0.3, -0.25) is 9.10 Å². The second-order valence-corrected chi connectivity index (χ2v) is 11.1. The van der Waals surface area contributed by atoms with Crippen molar-refractivity contribution in [3.05, 3.63) is 65.5 Å². The van der Waals surface area contributed by atoms with Crippen LogP contribution in [0.1, 0.15) is 48.0 Å². The van der Waals surface area contributed by atoms with Crippen LogP contribution in [0.5, 0.6) is 0 Å². The van der Waals surface area contributed by atoms with Crippen LogP contribution in [0.2, 0.25) is 0 Å². The van der Waals surface area contributed by atoms with Crippen LogP contribution in [-0.2, 0) is 16.6 Å². The van der Waals surface area contributed by atoms with Crippen molar-refractivity contribution in [2.75, 3.05) is 22.9 Å². The number of benzene rings is 2. The zero-order valence-electron chi connectivity index (χ0n) is 17.7. The molecule has 0 aromatic heterocycles. The van der Waals surface area contributed by atoms with Gasteiger partial charge in [0.2, 0.25) is 10.0 Å². The summed E-state index contributed by atoms with van der Waals surface area (Å²) in [6.45, 7) is 0.486. The normalized spacial score (nSPS) is 14.9. The third-order valence-corrected chi connectivity index (χ3v) is 7.91. The first-order valence-electron chi connectivity index (χ1n) is 10.6. The molecule has 0 saturated heterocycles. The minimum atomic E-state index is -3.63. The predicted octanol–water partition coefficient (Wildman–Crippen LogP) is 4.59. The van der Waals surface area contributed by atoms with Gasteiger partial charge in [-0.2, -0.15) is 11.8 Å². The van der Waals surface area contributed by atoms with Gasteiger partial charge in [-0.15, -0.1) is 0 Å². The molecule has 1 saturated carbocycles. The summed E-state index contributed by atoms with van der Waals surface area (Å²) in [7, 11) is -3.63. The third-order valence-electron chi connectivity index (χ3n) is 5.38. The Hall–Kier alpha value is -2.06. The summed E-state index contributed by atoms with van der Waals surface area (Å²) in [5.74, 6) is 0.243. The number of rotatable bonds is 9. The summed E-state index contributed by atoms with van der Waals surface area (Å²) in [5.41, 5.74) is 1.13. The van der Waals surface area contributed by atoms with Crippen LogP contribution in [-0.4, -0.2) is 38.1 Å². The van der Waals surface area contributed by atoms with E-state index in [1.807, 2.05) is 11.8 Å². The topological polar surface area (TPSA) is 66.5 Å². The predicted molar refractivity (Wildman–Crippen MR) is 126 cm³/mol. The fourth-order valence-corrected chi connectivity index (χ4v) is 5.78. The maximum atomic E-state index is 14.0. The summed E-state index contributed by atoms with van der Waals surface area (Å²) in [6, 6.07) is 12.4. The van der Waals surface area contributed by atoms with Crippen molar-refractivity contribution in [3.63, 3.8) is 0 Å². The second-order valence-electron chi connectivity index (χ2n) is 7.79. The van der Waals surface area contributed by atoms with Crippen molar-refractivity contribution in [1.82, 2.24) is 5.32 Å². The van der Waals surface area contributed by atoms with Crippen LogP contribution in [0, 0.1) is 5.82 Å². The number of hydrogen-bond donors (Lipinski definition) is 1. The van der Waals surface area contributed by atoms with E-state index in [9.17, 15) is 17.6 Å². The van der Waals surface area contributed by atoms with E-state index < -0.39 is 15.8 Å². The zero-order chi connectivity index (χ0) is 22.3. The highest BCUT2D eigenvalue weighted by Crippen LogP contribution is 2.27. The van der Waals surface area contributed by atoms with Crippen LogP contribution < -0.4 is 9.62 Å². The Kier molecular flexibility index (Phi) is 8.37. The second kappa shape index (κ2) is 11.0. The Bertz CT molecular complexity index is 975. The first-order chi connectivity index (χ1) is 14.8. The van der Waals surface area contributed by atoms with Gasteiger partial charge in [0.1, 0.15) is 5.82 Å². The molecule has 168 valence electrons. The minimum Gasteiger partial charge on any atom is -0.351 e. The first kappa shape index (κ1) is 23.6. The number of carbonyl (C=O) groups is 1. The van der Waals surface area contributed by atoms with Crippen molar-refractivity contribution < 1.29 is 17.6 Å². The Morgan fingerprint density at radius 2 is 1.77 bits per heavy atom. The Labute approximate surface area is 188 Å². The Morgan fingerprint density at radius 1 is 1.10 bits per heavy atom. The maximum absolute atomic E-state index is 14.0. The number of halogens is 1. The lowest BCUT2D eigenvalue weighted by molar-refractivity contribution is 0.0956. The van der Waals surface area contributed by atoms with Gasteiger partial charge in [-0.1, -0.05) is 37.5 Å². The van der Waals surface area contributed by atoms with Gasteiger partial charge >= 0.3 is 0 Å². The van der Waals surface area contributed by atoms with Crippen molar-refractivity contribution >= 4 is 33.4 Å². The molecule has 1 N–H and O–H groups in total. The van der Waals surface area contributed by atoms with Gasteiger partial charge in [-0.05, 0) is 43.2 Å². The Morgan fingerprint density at radius 3 is 2.42 bits per heavy atom. The van der Waals surface area contributed by atoms with E-state index >= 15 is 0 Å². The summed E-state index contributed by atoms with van der Waals surface area (Å²) in [6.07, 6.45) is 7.56. The van der Waals surface area contributed by atoms with Gasteiger partial charge in [0.25, 0.3) is 5.91 Å². The van der Waals surface area contributed by atoms with Crippen molar-refractivity contribution in [3.8, 4) is 0 Å². The lowest BCUT2D eigenvalue weighted by atomic mass is 10.0. The van der Waals surface area contributed by atoms with Gasteiger partial charge in [-0.25, -0.2) is 12.8 Å². The van der Waals surface area contributed by atoms with Gasteiger partial charge in [0.15, 0.2) is 0 Å². The molecule has 1 fully saturated rings. The number of anilines is 1. The van der Waals surface area contributed by atoms with Gasteiger partial charge in [0.05, 0.1) is 18.5 Å². The summed E-state index contributed by atoms with van der Waals surface area (Å²) in [5, 5.41) is 3.63. The van der Waals surface area contributed by atoms with Gasteiger partial charge < -0.3 is 5.32 Å². The molecule has 0 atom stereocenters. The van der Waals surface area contributed by atoms with Crippen molar-refractivity contribution in [2.45, 2.75) is 43.9 Å². The molecule has 0 radical (unpaired) electrons. The van der Waals surface area contributed by atoms with Crippen LogP contribution in [0.3, 0.4) is 0 Å². The third kappa shape index (κ3) is 6.97. The van der Waals surface area contributed by atoms with Gasteiger partial charge in [0, 0.05) is 28.7 Å². The molecule has 0 unspecified atom stereocenters. The molecular weight excluding hydrogens is 435 g/mol. The van der Waals surface area contributed by atoms with Crippen LogP contribution in [0.15, 0.2) is 48.5 Å². The molecule has 2 aromatic rings. The maximum Gasteiger partial charge on any atom is 0.251 e. The summed E-state index contributed by atoms with van der Waals surface area (Å²) in [4.78, 5) is 12.4. The zero-order valence-corrected chi connectivity index (χ0v) is 19.4. The average Bonchev–Trinajstić information content (AvgIpc) is 2.76. The van der Waals surface area contributed by atoms with E-state index in [-0.39, 0.29) is 18.0 Å². The number of nitrogens with one attached hydrogen (secondary N) is 1. The van der Waals surface area contributed by atoms with Crippen molar-refractivity contribution in [2.24, 2.45) is 0 Å². The standard InChI is InChI=1S/C23H29FN2O3S2/c1-31(28,29)26(17-19-7-5-6-10-22(19)24)20-13-11-18(12-14-20)23(27)25-15-16-30-21-8-3-2-4-9-21/h5-7,10-14,21H,2-4,8-9,15-17H2,1H3,(H,25,27). The van der Waals surface area contributed by atoms with E-state index in [0.717, 1.165) is 16.3 Å². The van der Waals surface area contributed by atoms with E-state index in [1.165, 1.54) is 38.2 Å². The van der Waals surface area contributed by atoms with Crippen molar-refractivity contribution in [1.29, 1.82) is 0 Å². The first-order valence-corrected chi connectivity index (χ1v) is 13.5. The van der Waals surface area contributed by atoms with E-state index in [4.69, 9.17) is 0 Å². The molecule has 1 aliphatic carbocycles. The molecule has 0 heterocycles. The number of nitrogens with zero attached hydrogens (tertiary/aromatic N) is 1. The monoisotopic (exact) mass is 464 g/mol. The molecule has 3 rings (SSSR count). The van der Waals surface area contributed by atoms with Crippen LogP contribution >= 0.6 is 11.8 Å². The number of thioether (sulfide) groups is 1. The number of carbonyl (C=O) groups excluding carboxylic acids is 1. The largest absolute Gasteiger partial charge is 0.351 e. The molecule has 1 amide bonds. The molecule has 8 heteroatoms. The van der Waals surface area contributed by atoms with E-state index in [1.54, 1.807) is 42.5 Å². The molecule has 5 nitrogen and oxygen atoms in total. The fourth-order valence-electron chi connectivity index (χ4n) is 3.68. The highest BCUT2D eigenvalue weighted by atomic mass is 32.2. The number of hydrogen-bond acceptors (Lipinski definition) is 4. The summed E-state index contributed by atoms with van der Waals surface area (Å²) < 4.78 is 39.7. The molecule has 0 aliphatic heterocycles. The lowest BCUT2D eigenvalue weighted by Gasteiger charge is -2.23. The fraction of sp³-hybridized carbons (Fsp3) is 0.435. The van der Waals surface area contributed by atoms with E-state index in [0.29, 0.717) is 23.0 Å². The smallest absolute Gasteiger partial charge is 0.251 e. The summed E-state index contributed by atoms with van der Waals surface area (Å²) >= 11 is 1.93. The molecular formula is C23H29FN2O3S2. The van der Waals surface area contributed by atoms with E-state index in [2.05, 4.69) is 5.32 Å². The van der Waals surface area contributed by atoms with Crippen LogP contribution in [0.4, 0.5) is 10.1 Å². The van der Waals surface area contributed by atoms with Crippen LogP contribution in [0.25, 0.3) is 0 Å². The average molecular weight is 465 g/mol. The minimum absolute atomic E-state index is 0.116. The molecule has 1 aliphatic rings. The number of sulfonamides is 1. The highest BCUT2D eigenvalue weighted by Gasteiger charge is 2.20. The molecule has 0 bridgehead atoms. The highest BCUT2D eigenvalue weighted by molar-refractivity contribution is 7.99. The molecule has 2 aromatic carbocycles. The molecule has 31 heavy (non-hydrogen) atoms. The lowest BCUT2D eigenvalue weighted by Crippen LogP contribution is -2.30. The SMILES string of the molecule is CS(=O)(=O)N(Cc1ccccc1F)c1ccc(C(=O)NCCSC2CCCCC2)cc1. The number of amides is 1. The Balaban J connectivity index is 1.58. The molecule has 0 spiro atoms.